The van der Waals surface area contributed by atoms with E-state index in [1.54, 1.807) is 7.11 Å². The van der Waals surface area contributed by atoms with Crippen LogP contribution in [0, 0.1) is 6.92 Å². The number of benzene rings is 2. The number of ether oxygens (including phenoxy) is 1. The summed E-state index contributed by atoms with van der Waals surface area (Å²) in [6.45, 7) is 6.29. The average molecular weight is 381 g/mol. The minimum absolute atomic E-state index is 0.207. The Hall–Kier alpha value is -2.53. The molecule has 4 nitrogen and oxygen atoms in total. The molecule has 0 unspecified atom stereocenters. The highest BCUT2D eigenvalue weighted by Crippen LogP contribution is 2.38. The maximum atomic E-state index is 13.1. The summed E-state index contributed by atoms with van der Waals surface area (Å²) >= 11 is 1.45. The number of carbonyl (C=O) groups is 2. The Bertz CT molecular complexity index is 883. The second-order valence-electron chi connectivity index (χ2n) is 6.78. The maximum absolute atomic E-state index is 13.1. The van der Waals surface area contributed by atoms with Crippen LogP contribution in [0.5, 0.6) is 5.75 Å². The van der Waals surface area contributed by atoms with E-state index >= 15 is 0 Å². The molecule has 0 radical (unpaired) electrons. The van der Waals surface area contributed by atoms with Gasteiger partial charge in [-0.1, -0.05) is 55.8 Å². The molecule has 27 heavy (non-hydrogen) atoms. The predicted molar refractivity (Wildman–Crippen MR) is 109 cm³/mol. The van der Waals surface area contributed by atoms with Crippen LogP contribution in [0.1, 0.15) is 30.5 Å². The third-order valence-corrected chi connectivity index (χ3v) is 5.40. The smallest absolute Gasteiger partial charge is 0.268 e. The van der Waals surface area contributed by atoms with Crippen LogP contribution in [-0.4, -0.2) is 29.1 Å². The van der Waals surface area contributed by atoms with Gasteiger partial charge in [-0.3, -0.25) is 14.5 Å². The second kappa shape index (κ2) is 8.01. The Morgan fingerprint density at radius 1 is 0.963 bits per heavy atom. The molecule has 5 heteroatoms. The fourth-order valence-electron chi connectivity index (χ4n) is 2.93. The van der Waals surface area contributed by atoms with Crippen LogP contribution in [0.25, 0.3) is 5.57 Å². The third-order valence-electron chi connectivity index (χ3n) is 4.32. The quantitative estimate of drug-likeness (QED) is 0.695. The van der Waals surface area contributed by atoms with Crippen molar-refractivity contribution in [2.45, 2.75) is 32.6 Å². The van der Waals surface area contributed by atoms with E-state index in [1.165, 1.54) is 16.7 Å². The molecular weight excluding hydrogens is 358 g/mol. The number of rotatable bonds is 6. The molecule has 2 aromatic rings. The van der Waals surface area contributed by atoms with Crippen molar-refractivity contribution in [3.05, 3.63) is 70.1 Å². The Morgan fingerprint density at radius 2 is 1.59 bits per heavy atom. The summed E-state index contributed by atoms with van der Waals surface area (Å²) in [5, 5.41) is 0.207. The van der Waals surface area contributed by atoms with E-state index in [0.29, 0.717) is 10.5 Å². The standard InChI is InChI=1S/C22H23NO3S/c1-14(2)27-20-19(17-9-5-15(3)6-10-17)21(24)23(22(20)25)13-16-7-11-18(26-4)12-8-16/h5-12,14H,13H2,1-4H3. The van der Waals surface area contributed by atoms with Crippen LogP contribution in [0.15, 0.2) is 53.4 Å². The predicted octanol–water partition coefficient (Wildman–Crippen LogP) is 4.43. The van der Waals surface area contributed by atoms with Gasteiger partial charge in [0.25, 0.3) is 11.8 Å². The summed E-state index contributed by atoms with van der Waals surface area (Å²) in [7, 11) is 1.61. The fraction of sp³-hybridized carbons (Fsp3) is 0.273. The number of aryl methyl sites for hydroxylation is 1. The lowest BCUT2D eigenvalue weighted by Gasteiger charge is -2.15. The van der Waals surface area contributed by atoms with Crippen LogP contribution in [0.2, 0.25) is 0 Å². The van der Waals surface area contributed by atoms with Crippen molar-refractivity contribution in [3.63, 3.8) is 0 Å². The van der Waals surface area contributed by atoms with Crippen molar-refractivity contribution < 1.29 is 14.3 Å². The first-order chi connectivity index (χ1) is 12.9. The molecule has 140 valence electrons. The van der Waals surface area contributed by atoms with E-state index in [4.69, 9.17) is 4.74 Å². The van der Waals surface area contributed by atoms with Crippen molar-refractivity contribution >= 4 is 29.1 Å². The molecule has 0 bridgehead atoms. The van der Waals surface area contributed by atoms with Crippen LogP contribution in [0.4, 0.5) is 0 Å². The number of amides is 2. The normalized spacial score (nSPS) is 14.5. The van der Waals surface area contributed by atoms with Gasteiger partial charge in [-0.2, -0.15) is 0 Å². The lowest BCUT2D eigenvalue weighted by atomic mass is 10.0. The maximum Gasteiger partial charge on any atom is 0.268 e. The van der Waals surface area contributed by atoms with Gasteiger partial charge in [0.2, 0.25) is 0 Å². The first kappa shape index (κ1) is 19.2. The molecule has 0 N–H and O–H groups in total. The fourth-order valence-corrected chi connectivity index (χ4v) is 3.94. The third kappa shape index (κ3) is 4.08. The number of hydrogen-bond acceptors (Lipinski definition) is 4. The number of hydrogen-bond donors (Lipinski definition) is 0. The zero-order chi connectivity index (χ0) is 19.6. The summed E-state index contributed by atoms with van der Waals surface area (Å²) < 4.78 is 5.17. The molecule has 0 saturated heterocycles. The molecule has 1 aliphatic heterocycles. The van der Waals surface area contributed by atoms with E-state index in [-0.39, 0.29) is 23.6 Å². The minimum Gasteiger partial charge on any atom is -0.497 e. The average Bonchev–Trinajstić information content (AvgIpc) is 2.87. The lowest BCUT2D eigenvalue weighted by Crippen LogP contribution is -2.31. The molecular formula is C22H23NO3S. The highest BCUT2D eigenvalue weighted by Gasteiger charge is 2.39. The summed E-state index contributed by atoms with van der Waals surface area (Å²) in [5.41, 5.74) is 3.30. The molecule has 0 aliphatic carbocycles. The minimum atomic E-state index is -0.233. The van der Waals surface area contributed by atoms with Gasteiger partial charge in [-0.05, 0) is 30.2 Å². The van der Waals surface area contributed by atoms with Crippen molar-refractivity contribution in [2.75, 3.05) is 7.11 Å². The van der Waals surface area contributed by atoms with Crippen molar-refractivity contribution in [3.8, 4) is 5.75 Å². The van der Waals surface area contributed by atoms with Gasteiger partial charge in [-0.25, -0.2) is 0 Å². The van der Waals surface area contributed by atoms with E-state index in [9.17, 15) is 9.59 Å². The van der Waals surface area contributed by atoms with Crippen molar-refractivity contribution in [1.82, 2.24) is 4.90 Å². The van der Waals surface area contributed by atoms with E-state index < -0.39 is 0 Å². The zero-order valence-electron chi connectivity index (χ0n) is 16.0. The SMILES string of the molecule is COc1ccc(CN2C(=O)C(SC(C)C)=C(c3ccc(C)cc3)C2=O)cc1. The van der Waals surface area contributed by atoms with E-state index in [2.05, 4.69) is 0 Å². The largest absolute Gasteiger partial charge is 0.497 e. The number of methoxy groups -OCH3 is 1. The molecule has 0 aromatic heterocycles. The lowest BCUT2D eigenvalue weighted by molar-refractivity contribution is -0.137. The summed E-state index contributed by atoms with van der Waals surface area (Å²) in [6, 6.07) is 15.2. The monoisotopic (exact) mass is 381 g/mol. The molecule has 0 spiro atoms. The van der Waals surface area contributed by atoms with Crippen molar-refractivity contribution in [2.24, 2.45) is 0 Å². The molecule has 2 aromatic carbocycles. The Labute approximate surface area is 164 Å². The van der Waals surface area contributed by atoms with Gasteiger partial charge < -0.3 is 4.74 Å². The van der Waals surface area contributed by atoms with Crippen LogP contribution in [0.3, 0.4) is 0 Å². The Balaban J connectivity index is 1.94. The molecule has 2 amide bonds. The van der Waals surface area contributed by atoms with Gasteiger partial charge in [0, 0.05) is 5.25 Å². The summed E-state index contributed by atoms with van der Waals surface area (Å²) in [4.78, 5) is 28.0. The van der Waals surface area contributed by atoms with Gasteiger partial charge >= 0.3 is 0 Å². The van der Waals surface area contributed by atoms with E-state index in [1.807, 2.05) is 69.3 Å². The first-order valence-corrected chi connectivity index (χ1v) is 9.75. The zero-order valence-corrected chi connectivity index (χ0v) is 16.8. The topological polar surface area (TPSA) is 46.6 Å². The molecule has 3 rings (SSSR count). The first-order valence-electron chi connectivity index (χ1n) is 8.87. The highest BCUT2D eigenvalue weighted by molar-refractivity contribution is 8.04. The molecule has 1 heterocycles. The number of carbonyl (C=O) groups excluding carboxylic acids is 2. The van der Waals surface area contributed by atoms with Gasteiger partial charge in [0.1, 0.15) is 5.75 Å². The summed E-state index contributed by atoms with van der Waals surface area (Å²) in [6.07, 6.45) is 0. The van der Waals surface area contributed by atoms with Gasteiger partial charge in [-0.15, -0.1) is 11.8 Å². The molecule has 0 atom stereocenters. The number of thioether (sulfide) groups is 1. The van der Waals surface area contributed by atoms with Crippen molar-refractivity contribution in [1.29, 1.82) is 0 Å². The number of nitrogens with zero attached hydrogens (tertiary/aromatic N) is 1. The molecule has 1 aliphatic rings. The number of imide groups is 1. The van der Waals surface area contributed by atoms with Gasteiger partial charge in [0.15, 0.2) is 0 Å². The van der Waals surface area contributed by atoms with Crippen LogP contribution < -0.4 is 4.74 Å². The highest BCUT2D eigenvalue weighted by atomic mass is 32.2. The second-order valence-corrected chi connectivity index (χ2v) is 8.37. The Morgan fingerprint density at radius 3 is 2.15 bits per heavy atom. The molecule has 0 fully saturated rings. The molecule has 0 saturated carbocycles. The Kier molecular flexibility index (Phi) is 5.71. The van der Waals surface area contributed by atoms with Gasteiger partial charge in [0.05, 0.1) is 24.1 Å². The summed E-state index contributed by atoms with van der Waals surface area (Å²) in [5.74, 6) is 0.292. The van der Waals surface area contributed by atoms with Crippen LogP contribution >= 0.6 is 11.8 Å². The van der Waals surface area contributed by atoms with E-state index in [0.717, 1.165) is 22.4 Å². The van der Waals surface area contributed by atoms with Crippen LogP contribution in [-0.2, 0) is 16.1 Å².